The fourth-order valence-corrected chi connectivity index (χ4v) is 2.29. The van der Waals surface area contributed by atoms with Crippen LogP contribution in [0.1, 0.15) is 31.9 Å². The van der Waals surface area contributed by atoms with Gasteiger partial charge in [-0.2, -0.15) is 0 Å². The lowest BCUT2D eigenvalue weighted by atomic mass is 9.88. The molecule has 106 valence electrons. The first-order chi connectivity index (χ1) is 9.39. The molecule has 2 aromatic rings. The van der Waals surface area contributed by atoms with Gasteiger partial charge in [-0.05, 0) is 56.2 Å². The molecular weight excluding hydrogens is 272 g/mol. The zero-order chi connectivity index (χ0) is 14.8. The lowest BCUT2D eigenvalue weighted by Gasteiger charge is -2.25. The molecule has 2 aromatic carbocycles. The van der Waals surface area contributed by atoms with Crippen molar-refractivity contribution in [3.63, 3.8) is 0 Å². The summed E-state index contributed by atoms with van der Waals surface area (Å²) in [4.78, 5) is 0. The second-order valence-electron chi connectivity index (χ2n) is 5.28. The number of hydrogen-bond acceptors (Lipinski definition) is 2. The molecule has 3 heteroatoms. The van der Waals surface area contributed by atoms with E-state index in [0.717, 1.165) is 16.9 Å². The van der Waals surface area contributed by atoms with Crippen LogP contribution in [0, 0.1) is 0 Å². The van der Waals surface area contributed by atoms with E-state index in [-0.39, 0.29) is 6.10 Å². The molecule has 0 radical (unpaired) electrons. The minimum Gasteiger partial charge on any atom is -0.491 e. The molecule has 0 aliphatic heterocycles. The van der Waals surface area contributed by atoms with Crippen molar-refractivity contribution in [3.8, 4) is 5.75 Å². The number of hydrogen-bond donors (Lipinski definition) is 1. The molecule has 2 rings (SSSR count). The highest BCUT2D eigenvalue weighted by molar-refractivity contribution is 6.30. The van der Waals surface area contributed by atoms with Crippen molar-refractivity contribution in [3.05, 3.63) is 64.7 Å². The standard InChI is InChI=1S/C17H19ClO2/c1-12(2)20-16-9-5-7-14(11-16)17(3,19)13-6-4-8-15(18)10-13/h4-12,19H,1-3H3. The normalized spacial score (nSPS) is 14.1. The second kappa shape index (κ2) is 5.86. The molecular formula is C17H19ClO2. The first-order valence-corrected chi connectivity index (χ1v) is 7.03. The van der Waals surface area contributed by atoms with Gasteiger partial charge in [0.05, 0.1) is 6.10 Å². The molecule has 0 bridgehead atoms. The summed E-state index contributed by atoms with van der Waals surface area (Å²) in [6.07, 6.45) is 0.0985. The Hall–Kier alpha value is -1.51. The Morgan fingerprint density at radius 2 is 1.65 bits per heavy atom. The predicted octanol–water partition coefficient (Wildman–Crippen LogP) is 4.38. The molecule has 0 heterocycles. The van der Waals surface area contributed by atoms with Gasteiger partial charge in [0.15, 0.2) is 0 Å². The van der Waals surface area contributed by atoms with E-state index in [2.05, 4.69) is 0 Å². The molecule has 20 heavy (non-hydrogen) atoms. The predicted molar refractivity (Wildman–Crippen MR) is 82.3 cm³/mol. The maximum absolute atomic E-state index is 10.8. The molecule has 2 nitrogen and oxygen atoms in total. The van der Waals surface area contributed by atoms with Crippen LogP contribution in [0.3, 0.4) is 0 Å². The van der Waals surface area contributed by atoms with Gasteiger partial charge in [0.1, 0.15) is 11.4 Å². The van der Waals surface area contributed by atoms with Crippen LogP contribution in [0.2, 0.25) is 5.02 Å². The molecule has 1 unspecified atom stereocenters. The van der Waals surface area contributed by atoms with Gasteiger partial charge in [0.2, 0.25) is 0 Å². The van der Waals surface area contributed by atoms with E-state index < -0.39 is 5.60 Å². The van der Waals surface area contributed by atoms with Crippen LogP contribution in [0.25, 0.3) is 0 Å². The fraction of sp³-hybridized carbons (Fsp3) is 0.294. The molecule has 0 spiro atoms. The number of halogens is 1. The molecule has 0 aliphatic rings. The summed E-state index contributed by atoms with van der Waals surface area (Å²) < 4.78 is 5.67. The SMILES string of the molecule is CC(C)Oc1cccc(C(C)(O)c2cccc(Cl)c2)c1. The first-order valence-electron chi connectivity index (χ1n) is 6.65. The Kier molecular flexibility index (Phi) is 4.36. The summed E-state index contributed by atoms with van der Waals surface area (Å²) >= 11 is 6.00. The van der Waals surface area contributed by atoms with Crippen molar-refractivity contribution in [2.45, 2.75) is 32.5 Å². The van der Waals surface area contributed by atoms with Crippen molar-refractivity contribution in [1.82, 2.24) is 0 Å². The maximum Gasteiger partial charge on any atom is 0.120 e. The second-order valence-corrected chi connectivity index (χ2v) is 5.71. The molecule has 1 atom stereocenters. The highest BCUT2D eigenvalue weighted by Gasteiger charge is 2.26. The first kappa shape index (κ1) is 14.9. The largest absolute Gasteiger partial charge is 0.491 e. The summed E-state index contributed by atoms with van der Waals surface area (Å²) in [5.41, 5.74) is 0.422. The van der Waals surface area contributed by atoms with E-state index in [1.165, 1.54) is 0 Å². The van der Waals surface area contributed by atoms with Gasteiger partial charge in [0, 0.05) is 5.02 Å². The molecule has 1 N–H and O–H groups in total. The summed E-state index contributed by atoms with van der Waals surface area (Å²) in [6, 6.07) is 14.8. The van der Waals surface area contributed by atoms with Crippen LogP contribution >= 0.6 is 11.6 Å². The zero-order valence-electron chi connectivity index (χ0n) is 11.9. The van der Waals surface area contributed by atoms with E-state index in [1.54, 1.807) is 19.1 Å². The lowest BCUT2D eigenvalue weighted by Crippen LogP contribution is -2.22. The van der Waals surface area contributed by atoms with Crippen LogP contribution in [0.5, 0.6) is 5.75 Å². The summed E-state index contributed by atoms with van der Waals surface area (Å²) in [6.45, 7) is 5.71. The number of aliphatic hydroxyl groups is 1. The Labute approximate surface area is 125 Å². The van der Waals surface area contributed by atoms with Crippen molar-refractivity contribution >= 4 is 11.6 Å². The van der Waals surface area contributed by atoms with E-state index in [9.17, 15) is 5.11 Å². The third-order valence-corrected chi connectivity index (χ3v) is 3.39. The molecule has 0 aromatic heterocycles. The van der Waals surface area contributed by atoms with Crippen LogP contribution in [0.4, 0.5) is 0 Å². The topological polar surface area (TPSA) is 29.5 Å². The zero-order valence-corrected chi connectivity index (χ0v) is 12.7. The van der Waals surface area contributed by atoms with E-state index >= 15 is 0 Å². The molecule has 0 fully saturated rings. The average Bonchev–Trinajstić information content (AvgIpc) is 2.38. The average molecular weight is 291 g/mol. The third-order valence-electron chi connectivity index (χ3n) is 3.15. The van der Waals surface area contributed by atoms with Crippen molar-refractivity contribution in [2.24, 2.45) is 0 Å². The van der Waals surface area contributed by atoms with Gasteiger partial charge >= 0.3 is 0 Å². The van der Waals surface area contributed by atoms with Crippen molar-refractivity contribution in [1.29, 1.82) is 0 Å². The third kappa shape index (κ3) is 3.33. The van der Waals surface area contributed by atoms with Gasteiger partial charge < -0.3 is 9.84 Å². The number of benzene rings is 2. The van der Waals surface area contributed by atoms with Gasteiger partial charge in [-0.25, -0.2) is 0 Å². The van der Waals surface area contributed by atoms with Crippen LogP contribution in [-0.4, -0.2) is 11.2 Å². The number of rotatable bonds is 4. The number of ether oxygens (including phenoxy) is 1. The molecule has 0 saturated heterocycles. The Bertz CT molecular complexity index is 591. The monoisotopic (exact) mass is 290 g/mol. The van der Waals surface area contributed by atoms with Crippen LogP contribution in [-0.2, 0) is 5.60 Å². The smallest absolute Gasteiger partial charge is 0.120 e. The van der Waals surface area contributed by atoms with Crippen molar-refractivity contribution < 1.29 is 9.84 Å². The van der Waals surface area contributed by atoms with Gasteiger partial charge in [0.25, 0.3) is 0 Å². The molecule has 0 aliphatic carbocycles. The fourth-order valence-electron chi connectivity index (χ4n) is 2.10. The molecule has 0 saturated carbocycles. The van der Waals surface area contributed by atoms with E-state index in [4.69, 9.17) is 16.3 Å². The van der Waals surface area contributed by atoms with E-state index in [0.29, 0.717) is 5.02 Å². The lowest BCUT2D eigenvalue weighted by molar-refractivity contribution is 0.102. The summed E-state index contributed by atoms with van der Waals surface area (Å²) in [7, 11) is 0. The molecule has 0 amide bonds. The summed E-state index contributed by atoms with van der Waals surface area (Å²) in [5, 5.41) is 11.4. The Morgan fingerprint density at radius 3 is 2.25 bits per heavy atom. The maximum atomic E-state index is 10.8. The minimum atomic E-state index is -1.11. The Balaban J connectivity index is 2.38. The highest BCUT2D eigenvalue weighted by Crippen LogP contribution is 2.32. The van der Waals surface area contributed by atoms with Crippen LogP contribution in [0.15, 0.2) is 48.5 Å². The van der Waals surface area contributed by atoms with E-state index in [1.807, 2.05) is 50.2 Å². The van der Waals surface area contributed by atoms with Gasteiger partial charge in [-0.3, -0.25) is 0 Å². The van der Waals surface area contributed by atoms with Gasteiger partial charge in [-0.15, -0.1) is 0 Å². The van der Waals surface area contributed by atoms with Gasteiger partial charge in [-0.1, -0.05) is 35.9 Å². The Morgan fingerprint density at radius 1 is 1.05 bits per heavy atom. The van der Waals surface area contributed by atoms with Crippen LogP contribution < -0.4 is 4.74 Å². The quantitative estimate of drug-likeness (QED) is 0.905. The summed E-state index contributed by atoms with van der Waals surface area (Å²) in [5.74, 6) is 0.750. The highest BCUT2D eigenvalue weighted by atomic mass is 35.5. The van der Waals surface area contributed by atoms with Crippen molar-refractivity contribution in [2.75, 3.05) is 0 Å². The minimum absolute atomic E-state index is 0.0985.